The van der Waals surface area contributed by atoms with Crippen molar-refractivity contribution < 1.29 is 4.57 Å². The maximum Gasteiger partial charge on any atom is 0.308 e. The highest BCUT2D eigenvalue weighted by Crippen LogP contribution is 2.14. The maximum atomic E-state index is 4.72. The molecule has 0 atom stereocenters. The van der Waals surface area contributed by atoms with Gasteiger partial charge in [0.1, 0.15) is 6.54 Å². The third-order valence-corrected chi connectivity index (χ3v) is 3.73. The summed E-state index contributed by atoms with van der Waals surface area (Å²) >= 11 is 0. The predicted molar refractivity (Wildman–Crippen MR) is 83.9 cm³/mol. The van der Waals surface area contributed by atoms with Gasteiger partial charge in [-0.15, -0.1) is 4.68 Å². The Balaban J connectivity index is 1.91. The Morgan fingerprint density at radius 3 is 2.52 bits per heavy atom. The molecule has 0 N–H and O–H groups in total. The lowest BCUT2D eigenvalue weighted by atomic mass is 10.1. The number of hydrogen-bond donors (Lipinski definition) is 0. The van der Waals surface area contributed by atoms with Gasteiger partial charge < -0.3 is 0 Å². The summed E-state index contributed by atoms with van der Waals surface area (Å²) in [5, 5.41) is 4.72. The van der Waals surface area contributed by atoms with Crippen molar-refractivity contribution in [2.24, 2.45) is 7.05 Å². The fourth-order valence-electron chi connectivity index (χ4n) is 2.60. The Kier molecular flexibility index (Phi) is 3.57. The van der Waals surface area contributed by atoms with Crippen LogP contribution >= 0.6 is 0 Å². The third kappa shape index (κ3) is 2.87. The van der Waals surface area contributed by atoms with Gasteiger partial charge in [-0.3, -0.25) is 0 Å². The quantitative estimate of drug-likeness (QED) is 0.675. The van der Waals surface area contributed by atoms with E-state index in [1.54, 1.807) is 0 Å². The summed E-state index contributed by atoms with van der Waals surface area (Å²) in [6, 6.07) is 16.8. The lowest BCUT2D eigenvalue weighted by Crippen LogP contribution is -2.28. The first-order valence-corrected chi connectivity index (χ1v) is 7.18. The van der Waals surface area contributed by atoms with Crippen molar-refractivity contribution in [3.05, 3.63) is 71.5 Å². The van der Waals surface area contributed by atoms with Crippen LogP contribution < -0.4 is 4.57 Å². The zero-order valence-corrected chi connectivity index (χ0v) is 12.7. The fraction of sp³-hybridized carbons (Fsp3) is 0.222. The van der Waals surface area contributed by atoms with Gasteiger partial charge in [0.15, 0.2) is 0 Å². The largest absolute Gasteiger partial charge is 0.308 e. The first kappa shape index (κ1) is 13.6. The molecule has 0 saturated carbocycles. The molecule has 0 aliphatic heterocycles. The minimum Gasteiger partial charge on any atom is -0.233 e. The molecule has 3 heteroatoms. The fourth-order valence-corrected chi connectivity index (χ4v) is 2.60. The zero-order valence-electron chi connectivity index (χ0n) is 12.7. The van der Waals surface area contributed by atoms with E-state index in [2.05, 4.69) is 48.7 Å². The monoisotopic (exact) mass is 278 g/mol. The van der Waals surface area contributed by atoms with E-state index in [9.17, 15) is 0 Å². The molecule has 0 radical (unpaired) electrons. The van der Waals surface area contributed by atoms with Gasteiger partial charge >= 0.3 is 5.82 Å². The Hall–Kier alpha value is -2.42. The Morgan fingerprint density at radius 2 is 1.81 bits per heavy atom. The maximum absolute atomic E-state index is 4.72. The highest BCUT2D eigenvalue weighted by atomic mass is 15.4. The van der Waals surface area contributed by atoms with E-state index < -0.39 is 0 Å². The van der Waals surface area contributed by atoms with Crippen molar-refractivity contribution >= 4 is 0 Å². The summed E-state index contributed by atoms with van der Waals surface area (Å²) in [7, 11) is 2.04. The second-order valence-corrected chi connectivity index (χ2v) is 5.54. The summed E-state index contributed by atoms with van der Waals surface area (Å²) in [5.41, 5.74) is 5.06. The average Bonchev–Trinajstić information content (AvgIpc) is 2.84. The second-order valence-electron chi connectivity index (χ2n) is 5.54. The van der Waals surface area contributed by atoms with Crippen molar-refractivity contribution in [2.45, 2.75) is 20.4 Å². The Labute approximate surface area is 125 Å². The van der Waals surface area contributed by atoms with Gasteiger partial charge in [-0.05, 0) is 37.1 Å². The minimum atomic E-state index is 0.798. The van der Waals surface area contributed by atoms with Crippen LogP contribution in [0.2, 0.25) is 0 Å². The SMILES string of the molecule is Cc1ccc(Cn2c[n+](C)c(-c3ccccc3)n2)c(C)c1. The van der Waals surface area contributed by atoms with Gasteiger partial charge in [-0.25, -0.2) is 4.57 Å². The molecule has 0 unspecified atom stereocenters. The predicted octanol–water partition coefficient (Wildman–Crippen LogP) is 3.04. The Bertz CT molecular complexity index is 757. The molecule has 0 amide bonds. The van der Waals surface area contributed by atoms with Gasteiger partial charge in [-0.2, -0.15) is 0 Å². The second kappa shape index (κ2) is 5.52. The molecule has 3 rings (SSSR count). The van der Waals surface area contributed by atoms with E-state index in [1.165, 1.54) is 16.7 Å². The van der Waals surface area contributed by atoms with Crippen molar-refractivity contribution in [3.63, 3.8) is 0 Å². The molecule has 0 fully saturated rings. The third-order valence-electron chi connectivity index (χ3n) is 3.73. The topological polar surface area (TPSA) is 21.7 Å². The van der Waals surface area contributed by atoms with Crippen LogP contribution in [0.5, 0.6) is 0 Å². The first-order chi connectivity index (χ1) is 10.1. The van der Waals surface area contributed by atoms with Gasteiger partial charge in [0.25, 0.3) is 0 Å². The number of nitrogens with zero attached hydrogens (tertiary/aromatic N) is 3. The van der Waals surface area contributed by atoms with Gasteiger partial charge in [0.05, 0.1) is 12.6 Å². The van der Waals surface area contributed by atoms with Crippen LogP contribution in [0.1, 0.15) is 16.7 Å². The van der Waals surface area contributed by atoms with E-state index in [1.807, 2.05) is 36.3 Å². The van der Waals surface area contributed by atoms with Gasteiger partial charge in [-0.1, -0.05) is 42.0 Å². The molecule has 0 spiro atoms. The van der Waals surface area contributed by atoms with Crippen LogP contribution in [0.15, 0.2) is 54.9 Å². The first-order valence-electron chi connectivity index (χ1n) is 7.18. The molecular weight excluding hydrogens is 258 g/mol. The van der Waals surface area contributed by atoms with Gasteiger partial charge in [0.2, 0.25) is 6.33 Å². The molecule has 106 valence electrons. The molecule has 0 saturated heterocycles. The molecule has 3 nitrogen and oxygen atoms in total. The number of hydrogen-bond acceptors (Lipinski definition) is 1. The van der Waals surface area contributed by atoms with E-state index in [0.29, 0.717) is 0 Å². The molecule has 2 aromatic carbocycles. The van der Waals surface area contributed by atoms with Crippen molar-refractivity contribution in [1.82, 2.24) is 9.78 Å². The van der Waals surface area contributed by atoms with Crippen LogP contribution in [0.3, 0.4) is 0 Å². The van der Waals surface area contributed by atoms with Crippen LogP contribution in [0.25, 0.3) is 11.4 Å². The van der Waals surface area contributed by atoms with E-state index in [0.717, 1.165) is 17.9 Å². The molecule has 0 aliphatic rings. The van der Waals surface area contributed by atoms with Crippen molar-refractivity contribution in [3.8, 4) is 11.4 Å². The molecule has 1 aromatic heterocycles. The number of aryl methyl sites for hydroxylation is 3. The molecule has 0 bridgehead atoms. The van der Waals surface area contributed by atoms with E-state index in [4.69, 9.17) is 5.10 Å². The standard InChI is InChI=1S/C18H20N3/c1-14-9-10-17(15(2)11-14)12-21-13-20(3)18(19-21)16-7-5-4-6-8-16/h4-11,13H,12H2,1-3H3/q+1. The van der Waals surface area contributed by atoms with Crippen LogP contribution in [-0.4, -0.2) is 9.78 Å². The van der Waals surface area contributed by atoms with Crippen molar-refractivity contribution in [1.29, 1.82) is 0 Å². The summed E-state index contributed by atoms with van der Waals surface area (Å²) in [5.74, 6) is 0.986. The number of benzene rings is 2. The normalized spacial score (nSPS) is 10.8. The van der Waals surface area contributed by atoms with Crippen LogP contribution in [0, 0.1) is 13.8 Å². The molecule has 1 heterocycles. The summed E-state index contributed by atoms with van der Waals surface area (Å²) in [4.78, 5) is 0. The van der Waals surface area contributed by atoms with E-state index >= 15 is 0 Å². The number of aromatic nitrogens is 3. The summed E-state index contributed by atoms with van der Waals surface area (Å²) in [6.07, 6.45) is 2.04. The number of rotatable bonds is 3. The molecule has 0 aliphatic carbocycles. The lowest BCUT2D eigenvalue weighted by molar-refractivity contribution is -0.661. The molecule has 21 heavy (non-hydrogen) atoms. The average molecular weight is 278 g/mol. The molecule has 3 aromatic rings. The molecular formula is C18H20N3+. The summed E-state index contributed by atoms with van der Waals surface area (Å²) < 4.78 is 4.07. The van der Waals surface area contributed by atoms with E-state index in [-0.39, 0.29) is 0 Å². The minimum absolute atomic E-state index is 0.798. The van der Waals surface area contributed by atoms with Crippen LogP contribution in [-0.2, 0) is 13.6 Å². The lowest BCUT2D eigenvalue weighted by Gasteiger charge is -2.03. The highest BCUT2D eigenvalue weighted by molar-refractivity contribution is 5.50. The summed E-state index contributed by atoms with van der Waals surface area (Å²) in [6.45, 7) is 5.08. The van der Waals surface area contributed by atoms with Crippen LogP contribution in [0.4, 0.5) is 0 Å². The zero-order chi connectivity index (χ0) is 14.8. The van der Waals surface area contributed by atoms with Crippen molar-refractivity contribution in [2.75, 3.05) is 0 Å². The Morgan fingerprint density at radius 1 is 1.05 bits per heavy atom. The smallest absolute Gasteiger partial charge is 0.233 e. The highest BCUT2D eigenvalue weighted by Gasteiger charge is 2.16. The van der Waals surface area contributed by atoms with Gasteiger partial charge in [0, 0.05) is 5.10 Å².